The maximum atomic E-state index is 11.9. The second-order valence-corrected chi connectivity index (χ2v) is 7.24. The molecular formula is C23H25N3O3. The molecule has 6 nitrogen and oxygen atoms in total. The summed E-state index contributed by atoms with van der Waals surface area (Å²) in [6.45, 7) is 2.80. The molecule has 1 unspecified atom stereocenters. The van der Waals surface area contributed by atoms with E-state index in [1.165, 1.54) is 6.08 Å². The van der Waals surface area contributed by atoms with E-state index >= 15 is 0 Å². The van der Waals surface area contributed by atoms with Crippen molar-refractivity contribution >= 4 is 23.0 Å². The highest BCUT2D eigenvalue weighted by Crippen LogP contribution is 2.24. The van der Waals surface area contributed by atoms with Gasteiger partial charge in [-0.3, -0.25) is 4.79 Å². The van der Waals surface area contributed by atoms with E-state index in [2.05, 4.69) is 34.5 Å². The fraction of sp³-hybridized carbons (Fsp3) is 0.304. The topological polar surface area (TPSA) is 76.2 Å². The molecule has 150 valence electrons. The molecule has 6 heteroatoms. The zero-order chi connectivity index (χ0) is 20.1. The molecule has 1 aromatic heterocycles. The molecule has 29 heavy (non-hydrogen) atoms. The molecule has 3 aromatic rings. The van der Waals surface area contributed by atoms with E-state index in [1.54, 1.807) is 6.08 Å². The van der Waals surface area contributed by atoms with Gasteiger partial charge >= 0.3 is 0 Å². The van der Waals surface area contributed by atoms with Crippen molar-refractivity contribution < 1.29 is 14.4 Å². The minimum atomic E-state index is -0.347. The number of nitrogens with zero attached hydrogens (tertiary/aromatic N) is 1. The summed E-state index contributed by atoms with van der Waals surface area (Å²) in [7, 11) is 0. The Morgan fingerprint density at radius 2 is 2.07 bits per heavy atom. The summed E-state index contributed by atoms with van der Waals surface area (Å²) < 4.78 is 5.41. The zero-order valence-corrected chi connectivity index (χ0v) is 16.4. The van der Waals surface area contributed by atoms with Gasteiger partial charge in [-0.15, -0.1) is 0 Å². The van der Waals surface area contributed by atoms with Crippen LogP contribution in [-0.4, -0.2) is 28.8 Å². The standard InChI is InChI=1S/C23H25N3O3/c1-16(23-24-19-6-2-3-7-20(19)25-23)18-12-9-17(10-13-18)11-14-21(27)26-29-22-8-4-5-15-28-22/h2-3,6-7,9-14,16,22H,4-5,8,15H2,1H3,(H,24,25)(H,26,27)/b14-11+/t16-,22?/m1/s1. The molecule has 1 fully saturated rings. The summed E-state index contributed by atoms with van der Waals surface area (Å²) >= 11 is 0. The number of carbonyl (C=O) groups is 1. The van der Waals surface area contributed by atoms with Gasteiger partial charge in [-0.25, -0.2) is 15.3 Å². The van der Waals surface area contributed by atoms with E-state index in [0.717, 1.165) is 47.2 Å². The van der Waals surface area contributed by atoms with Gasteiger partial charge in [0, 0.05) is 25.0 Å². The maximum absolute atomic E-state index is 11.9. The largest absolute Gasteiger partial charge is 0.350 e. The fourth-order valence-corrected chi connectivity index (χ4v) is 3.37. The number of rotatable bonds is 6. The third-order valence-corrected chi connectivity index (χ3v) is 5.11. The Balaban J connectivity index is 1.34. The van der Waals surface area contributed by atoms with Crippen LogP contribution in [0.2, 0.25) is 0 Å². The van der Waals surface area contributed by atoms with E-state index in [1.807, 2.05) is 36.4 Å². The number of para-hydroxylation sites is 2. The molecule has 1 amide bonds. The first-order valence-electron chi connectivity index (χ1n) is 9.99. The average molecular weight is 391 g/mol. The number of fused-ring (bicyclic) bond motifs is 1. The Hall–Kier alpha value is -2.96. The number of amides is 1. The number of hydrogen-bond donors (Lipinski definition) is 2. The predicted molar refractivity (Wildman–Crippen MR) is 112 cm³/mol. The molecule has 0 bridgehead atoms. The normalized spacial score (nSPS) is 18.2. The van der Waals surface area contributed by atoms with E-state index in [4.69, 9.17) is 9.57 Å². The van der Waals surface area contributed by atoms with Crippen molar-refractivity contribution in [3.8, 4) is 0 Å². The van der Waals surface area contributed by atoms with Crippen LogP contribution < -0.4 is 5.48 Å². The number of benzene rings is 2. The lowest BCUT2D eigenvalue weighted by atomic mass is 9.99. The Morgan fingerprint density at radius 3 is 2.83 bits per heavy atom. The second-order valence-electron chi connectivity index (χ2n) is 7.24. The van der Waals surface area contributed by atoms with Gasteiger partial charge in [0.1, 0.15) is 5.82 Å². The predicted octanol–water partition coefficient (Wildman–Crippen LogP) is 4.30. The summed E-state index contributed by atoms with van der Waals surface area (Å²) in [4.78, 5) is 25.3. The minimum absolute atomic E-state index is 0.146. The molecule has 0 saturated carbocycles. The van der Waals surface area contributed by atoms with Crippen LogP contribution >= 0.6 is 0 Å². The fourth-order valence-electron chi connectivity index (χ4n) is 3.37. The molecule has 2 atom stereocenters. The number of aromatic amines is 1. The average Bonchev–Trinajstić information content (AvgIpc) is 3.21. The lowest BCUT2D eigenvalue weighted by Gasteiger charge is -2.21. The molecule has 2 N–H and O–H groups in total. The minimum Gasteiger partial charge on any atom is -0.350 e. The number of hydroxylamine groups is 1. The first kappa shape index (κ1) is 19.4. The van der Waals surface area contributed by atoms with Crippen LogP contribution in [0.1, 0.15) is 49.1 Å². The molecule has 0 spiro atoms. The number of H-pyrrole nitrogens is 1. The van der Waals surface area contributed by atoms with Gasteiger partial charge in [-0.1, -0.05) is 43.3 Å². The lowest BCUT2D eigenvalue weighted by molar-refractivity contribution is -0.198. The molecule has 2 aromatic carbocycles. The lowest BCUT2D eigenvalue weighted by Crippen LogP contribution is -2.32. The van der Waals surface area contributed by atoms with Gasteiger partial charge in [-0.2, -0.15) is 0 Å². The van der Waals surface area contributed by atoms with Gasteiger partial charge in [-0.05, 0) is 42.2 Å². The Morgan fingerprint density at radius 1 is 1.24 bits per heavy atom. The Bertz CT molecular complexity index is 955. The van der Waals surface area contributed by atoms with Crippen LogP contribution in [0.3, 0.4) is 0 Å². The van der Waals surface area contributed by atoms with Crippen LogP contribution in [0.25, 0.3) is 17.1 Å². The summed E-state index contributed by atoms with van der Waals surface area (Å²) in [5.41, 5.74) is 6.53. The highest BCUT2D eigenvalue weighted by atomic mass is 16.8. The number of ether oxygens (including phenoxy) is 1. The first-order chi connectivity index (χ1) is 14.2. The van der Waals surface area contributed by atoms with Crippen molar-refractivity contribution in [2.24, 2.45) is 0 Å². The van der Waals surface area contributed by atoms with E-state index in [0.29, 0.717) is 6.61 Å². The molecular weight excluding hydrogens is 366 g/mol. The van der Waals surface area contributed by atoms with Crippen molar-refractivity contribution in [1.82, 2.24) is 15.4 Å². The van der Waals surface area contributed by atoms with Gasteiger partial charge < -0.3 is 9.72 Å². The Labute approximate surface area is 169 Å². The van der Waals surface area contributed by atoms with Gasteiger partial charge in [0.2, 0.25) is 0 Å². The number of aromatic nitrogens is 2. The third-order valence-electron chi connectivity index (χ3n) is 5.11. The summed E-state index contributed by atoms with van der Waals surface area (Å²) in [5.74, 6) is 0.780. The van der Waals surface area contributed by atoms with Gasteiger partial charge in [0.05, 0.1) is 11.0 Å². The number of carbonyl (C=O) groups excluding carboxylic acids is 1. The number of nitrogens with one attached hydrogen (secondary N) is 2. The summed E-state index contributed by atoms with van der Waals surface area (Å²) in [6.07, 6.45) is 5.76. The highest BCUT2D eigenvalue weighted by Gasteiger charge is 2.15. The van der Waals surface area contributed by atoms with Crippen LogP contribution in [-0.2, 0) is 14.4 Å². The van der Waals surface area contributed by atoms with Gasteiger partial charge in [0.25, 0.3) is 5.91 Å². The van der Waals surface area contributed by atoms with E-state index < -0.39 is 0 Å². The Kier molecular flexibility index (Phi) is 6.03. The van der Waals surface area contributed by atoms with Crippen molar-refractivity contribution in [1.29, 1.82) is 0 Å². The molecule has 4 rings (SSSR count). The highest BCUT2D eigenvalue weighted by molar-refractivity contribution is 5.90. The first-order valence-corrected chi connectivity index (χ1v) is 9.99. The molecule has 1 aliphatic heterocycles. The summed E-state index contributed by atoms with van der Waals surface area (Å²) in [5, 5.41) is 0. The van der Waals surface area contributed by atoms with Gasteiger partial charge in [0.15, 0.2) is 6.29 Å². The van der Waals surface area contributed by atoms with E-state index in [-0.39, 0.29) is 18.1 Å². The van der Waals surface area contributed by atoms with E-state index in [9.17, 15) is 4.79 Å². The molecule has 0 aliphatic carbocycles. The third kappa shape index (κ3) is 4.91. The SMILES string of the molecule is C[C@H](c1ccc(/C=C/C(=O)NOC2CCCCO2)cc1)c1nc2ccccc2[nH]1. The van der Waals surface area contributed by atoms with Crippen LogP contribution in [0.15, 0.2) is 54.6 Å². The summed E-state index contributed by atoms with van der Waals surface area (Å²) in [6, 6.07) is 16.1. The zero-order valence-electron chi connectivity index (χ0n) is 16.4. The number of hydrogen-bond acceptors (Lipinski definition) is 4. The van der Waals surface area contributed by atoms with Crippen LogP contribution in [0, 0.1) is 0 Å². The quantitative estimate of drug-likeness (QED) is 0.485. The van der Waals surface area contributed by atoms with Crippen molar-refractivity contribution in [2.75, 3.05) is 6.61 Å². The van der Waals surface area contributed by atoms with Crippen molar-refractivity contribution in [3.63, 3.8) is 0 Å². The second kappa shape index (κ2) is 9.03. The molecule has 2 heterocycles. The molecule has 1 aliphatic rings. The van der Waals surface area contributed by atoms with Crippen molar-refractivity contribution in [2.45, 2.75) is 38.4 Å². The number of imidazole rings is 1. The molecule has 1 saturated heterocycles. The maximum Gasteiger partial charge on any atom is 0.267 e. The van der Waals surface area contributed by atoms with Crippen molar-refractivity contribution in [3.05, 3.63) is 71.6 Å². The van der Waals surface area contributed by atoms with Crippen LogP contribution in [0.4, 0.5) is 0 Å². The molecule has 0 radical (unpaired) electrons. The van der Waals surface area contributed by atoms with Crippen LogP contribution in [0.5, 0.6) is 0 Å². The monoisotopic (exact) mass is 391 g/mol. The smallest absolute Gasteiger partial charge is 0.267 e.